The second-order valence-corrected chi connectivity index (χ2v) is 4.87. The lowest BCUT2D eigenvalue weighted by Crippen LogP contribution is -2.08. The van der Waals surface area contributed by atoms with Crippen LogP contribution in [0.5, 0.6) is 0 Å². The lowest BCUT2D eigenvalue weighted by Gasteiger charge is -2.04. The zero-order chi connectivity index (χ0) is 15.4. The third-order valence-corrected chi connectivity index (χ3v) is 3.37. The van der Waals surface area contributed by atoms with Crippen LogP contribution in [0.3, 0.4) is 0 Å². The van der Waals surface area contributed by atoms with E-state index in [0.29, 0.717) is 0 Å². The molecule has 0 fully saturated rings. The summed E-state index contributed by atoms with van der Waals surface area (Å²) in [4.78, 5) is 11.9. The lowest BCUT2D eigenvalue weighted by molar-refractivity contribution is -0.111. The summed E-state index contributed by atoms with van der Waals surface area (Å²) in [5.74, 6) is -0.813. The van der Waals surface area contributed by atoms with Crippen molar-refractivity contribution in [3.05, 3.63) is 84.2 Å². The number of halogens is 1. The van der Waals surface area contributed by atoms with Gasteiger partial charge in [0.25, 0.3) is 0 Å². The molecule has 0 bridgehead atoms. The molecular weight excluding hydrogens is 277 g/mol. The fraction of sp³-hybridized carbons (Fsp3) is 0. The molecule has 0 unspecified atom stereocenters. The number of benzene rings is 3. The van der Waals surface area contributed by atoms with Gasteiger partial charge in [0.15, 0.2) is 0 Å². The van der Waals surface area contributed by atoms with Crippen molar-refractivity contribution in [3.8, 4) is 0 Å². The molecule has 0 atom stereocenters. The molecule has 0 spiro atoms. The van der Waals surface area contributed by atoms with E-state index in [1.807, 2.05) is 42.5 Å². The van der Waals surface area contributed by atoms with Crippen LogP contribution in [0, 0.1) is 5.82 Å². The number of fused-ring (bicyclic) bond motifs is 1. The highest BCUT2D eigenvalue weighted by atomic mass is 19.1. The van der Waals surface area contributed by atoms with Crippen LogP contribution in [0.1, 0.15) is 5.56 Å². The fourth-order valence-electron chi connectivity index (χ4n) is 2.30. The first-order valence-electron chi connectivity index (χ1n) is 6.95. The number of amides is 1. The van der Waals surface area contributed by atoms with Gasteiger partial charge in [-0.2, -0.15) is 0 Å². The third-order valence-electron chi connectivity index (χ3n) is 3.37. The number of nitrogens with one attached hydrogen (secondary N) is 1. The van der Waals surface area contributed by atoms with Crippen LogP contribution in [-0.2, 0) is 4.79 Å². The molecule has 0 heterocycles. The minimum Gasteiger partial charge on any atom is -0.320 e. The Morgan fingerprint density at radius 1 is 0.909 bits per heavy atom. The quantitative estimate of drug-likeness (QED) is 0.700. The number of rotatable bonds is 3. The molecule has 1 amide bonds. The Morgan fingerprint density at radius 2 is 1.64 bits per heavy atom. The van der Waals surface area contributed by atoms with Gasteiger partial charge in [0.1, 0.15) is 5.82 Å². The fourth-order valence-corrected chi connectivity index (χ4v) is 2.30. The second kappa shape index (κ2) is 6.22. The highest BCUT2D eigenvalue weighted by Gasteiger charge is 2.03. The van der Waals surface area contributed by atoms with Crippen LogP contribution in [0.4, 0.5) is 10.1 Å². The number of carbonyl (C=O) groups is 1. The smallest absolute Gasteiger partial charge is 0.248 e. The van der Waals surface area contributed by atoms with Gasteiger partial charge in [-0.25, -0.2) is 4.39 Å². The first kappa shape index (κ1) is 14.0. The van der Waals surface area contributed by atoms with Crippen molar-refractivity contribution in [3.63, 3.8) is 0 Å². The number of anilines is 1. The summed E-state index contributed by atoms with van der Waals surface area (Å²) in [7, 11) is 0. The lowest BCUT2D eigenvalue weighted by atomic mass is 10.0. The topological polar surface area (TPSA) is 29.1 Å². The maximum absolute atomic E-state index is 13.5. The first-order chi connectivity index (χ1) is 10.7. The zero-order valence-corrected chi connectivity index (χ0v) is 11.8. The van der Waals surface area contributed by atoms with Crippen molar-refractivity contribution >= 4 is 28.4 Å². The Balaban J connectivity index is 1.81. The van der Waals surface area contributed by atoms with Gasteiger partial charge >= 0.3 is 0 Å². The predicted octanol–water partition coefficient (Wildman–Crippen LogP) is 4.63. The van der Waals surface area contributed by atoms with Gasteiger partial charge in [-0.1, -0.05) is 54.6 Å². The molecule has 0 aliphatic rings. The molecule has 3 aromatic rings. The average molecular weight is 291 g/mol. The summed E-state index contributed by atoms with van der Waals surface area (Å²) >= 11 is 0. The zero-order valence-electron chi connectivity index (χ0n) is 11.8. The van der Waals surface area contributed by atoms with E-state index in [0.717, 1.165) is 16.3 Å². The Kier molecular flexibility index (Phi) is 3.97. The largest absolute Gasteiger partial charge is 0.320 e. The van der Waals surface area contributed by atoms with E-state index in [-0.39, 0.29) is 11.6 Å². The van der Waals surface area contributed by atoms with Crippen molar-refractivity contribution in [1.29, 1.82) is 0 Å². The maximum Gasteiger partial charge on any atom is 0.248 e. The summed E-state index contributed by atoms with van der Waals surface area (Å²) in [6.07, 6.45) is 3.15. The molecule has 108 valence electrons. The van der Waals surface area contributed by atoms with Crippen molar-refractivity contribution in [2.24, 2.45) is 0 Å². The van der Waals surface area contributed by atoms with Crippen LogP contribution in [0.25, 0.3) is 16.8 Å². The molecule has 0 aliphatic carbocycles. The first-order valence-corrected chi connectivity index (χ1v) is 6.95. The van der Waals surface area contributed by atoms with Gasteiger partial charge in [0.05, 0.1) is 5.69 Å². The summed E-state index contributed by atoms with van der Waals surface area (Å²) < 4.78 is 13.5. The van der Waals surface area contributed by atoms with E-state index in [4.69, 9.17) is 0 Å². The molecule has 0 aromatic heterocycles. The summed E-state index contributed by atoms with van der Waals surface area (Å²) in [6.45, 7) is 0. The Bertz CT molecular complexity index is 849. The van der Waals surface area contributed by atoms with Crippen LogP contribution >= 0.6 is 0 Å². The molecule has 0 aliphatic heterocycles. The van der Waals surface area contributed by atoms with E-state index in [2.05, 4.69) is 5.32 Å². The molecule has 3 aromatic carbocycles. The maximum atomic E-state index is 13.5. The molecule has 1 N–H and O–H groups in total. The predicted molar refractivity (Wildman–Crippen MR) is 88.0 cm³/mol. The summed E-state index contributed by atoms with van der Waals surface area (Å²) in [5.41, 5.74) is 1.12. The number of carbonyl (C=O) groups excluding carboxylic acids is 1. The van der Waals surface area contributed by atoms with Gasteiger partial charge in [-0.05, 0) is 34.5 Å². The molecule has 0 saturated heterocycles. The summed E-state index contributed by atoms with van der Waals surface area (Å²) in [6, 6.07) is 19.9. The van der Waals surface area contributed by atoms with Gasteiger partial charge < -0.3 is 5.32 Å². The van der Waals surface area contributed by atoms with Gasteiger partial charge in [-0.3, -0.25) is 4.79 Å². The standard InChI is InChI=1S/C19H14FNO/c20-17-10-3-4-11-18(17)21-19(22)13-12-15-8-5-7-14-6-1-2-9-16(14)15/h1-13H,(H,21,22)/b13-12+. The molecule has 3 rings (SSSR count). The molecule has 3 heteroatoms. The van der Waals surface area contributed by atoms with Crippen molar-refractivity contribution in [1.82, 2.24) is 0 Å². The van der Waals surface area contributed by atoms with Crippen LogP contribution < -0.4 is 5.32 Å². The molecule has 22 heavy (non-hydrogen) atoms. The Labute approximate surface area is 127 Å². The second-order valence-electron chi connectivity index (χ2n) is 4.87. The van der Waals surface area contributed by atoms with Gasteiger partial charge in [0, 0.05) is 6.08 Å². The SMILES string of the molecule is O=C(/C=C/c1cccc2ccccc12)Nc1ccccc1F. The normalized spacial score (nSPS) is 11.0. The minimum atomic E-state index is -0.450. The molecule has 2 nitrogen and oxygen atoms in total. The number of para-hydroxylation sites is 1. The van der Waals surface area contributed by atoms with Crippen LogP contribution in [0.2, 0.25) is 0 Å². The number of hydrogen-bond donors (Lipinski definition) is 1. The van der Waals surface area contributed by atoms with E-state index >= 15 is 0 Å². The van der Waals surface area contributed by atoms with Crippen LogP contribution in [0.15, 0.2) is 72.8 Å². The van der Waals surface area contributed by atoms with Crippen molar-refractivity contribution in [2.45, 2.75) is 0 Å². The van der Waals surface area contributed by atoms with Crippen molar-refractivity contribution in [2.75, 3.05) is 5.32 Å². The molecule has 0 radical (unpaired) electrons. The van der Waals surface area contributed by atoms with Crippen LogP contribution in [-0.4, -0.2) is 5.91 Å². The van der Waals surface area contributed by atoms with Gasteiger partial charge in [-0.15, -0.1) is 0 Å². The Morgan fingerprint density at radius 3 is 2.50 bits per heavy atom. The minimum absolute atomic E-state index is 0.176. The Hall–Kier alpha value is -2.94. The summed E-state index contributed by atoms with van der Waals surface area (Å²) in [5, 5.41) is 4.71. The number of hydrogen-bond acceptors (Lipinski definition) is 1. The highest BCUT2D eigenvalue weighted by Crippen LogP contribution is 2.19. The highest BCUT2D eigenvalue weighted by molar-refractivity contribution is 6.03. The van der Waals surface area contributed by atoms with Gasteiger partial charge in [0.2, 0.25) is 5.91 Å². The van der Waals surface area contributed by atoms with E-state index in [9.17, 15) is 9.18 Å². The van der Waals surface area contributed by atoms with E-state index in [1.54, 1.807) is 18.2 Å². The van der Waals surface area contributed by atoms with E-state index in [1.165, 1.54) is 18.2 Å². The monoisotopic (exact) mass is 291 g/mol. The third kappa shape index (κ3) is 3.04. The molecule has 0 saturated carbocycles. The van der Waals surface area contributed by atoms with E-state index < -0.39 is 5.82 Å². The molecular formula is C19H14FNO. The average Bonchev–Trinajstić information content (AvgIpc) is 2.55. The van der Waals surface area contributed by atoms with Crippen molar-refractivity contribution < 1.29 is 9.18 Å².